The van der Waals surface area contributed by atoms with E-state index in [4.69, 9.17) is 4.74 Å². The summed E-state index contributed by atoms with van der Waals surface area (Å²) in [6, 6.07) is 7.13. The number of hydrogen-bond donors (Lipinski definition) is 1. The highest BCUT2D eigenvalue weighted by Crippen LogP contribution is 2.26. The molecule has 0 radical (unpaired) electrons. The van der Waals surface area contributed by atoms with Crippen LogP contribution >= 0.6 is 0 Å². The second-order valence-electron chi connectivity index (χ2n) is 5.66. The maximum absolute atomic E-state index is 10.9. The summed E-state index contributed by atoms with van der Waals surface area (Å²) >= 11 is 0. The van der Waals surface area contributed by atoms with Crippen molar-refractivity contribution in [2.24, 2.45) is 0 Å². The summed E-state index contributed by atoms with van der Waals surface area (Å²) in [5.41, 5.74) is -0.0763. The summed E-state index contributed by atoms with van der Waals surface area (Å²) in [5, 5.41) is 21.0. The van der Waals surface area contributed by atoms with E-state index in [9.17, 15) is 15.2 Å². The minimum atomic E-state index is -0.659. The zero-order valence-corrected chi connectivity index (χ0v) is 12.4. The molecule has 0 amide bonds. The lowest BCUT2D eigenvalue weighted by Gasteiger charge is -2.28. The number of likely N-dealkylation sites (tertiary alicyclic amines) is 1. The third kappa shape index (κ3) is 3.92. The average molecular weight is 294 g/mol. The molecule has 1 fully saturated rings. The number of benzene rings is 1. The van der Waals surface area contributed by atoms with Gasteiger partial charge in [0.25, 0.3) is 0 Å². The molecule has 1 saturated heterocycles. The molecule has 6 nitrogen and oxygen atoms in total. The molecule has 1 N–H and O–H groups in total. The Morgan fingerprint density at radius 2 is 2.00 bits per heavy atom. The average Bonchev–Trinajstić information content (AvgIpc) is 2.77. The van der Waals surface area contributed by atoms with Crippen LogP contribution in [-0.2, 0) is 0 Å². The van der Waals surface area contributed by atoms with E-state index in [0.717, 1.165) is 12.8 Å². The lowest BCUT2D eigenvalue weighted by atomic mass is 10.2. The summed E-state index contributed by atoms with van der Waals surface area (Å²) in [5.74, 6) is 0.198. The molecule has 0 spiro atoms. The fraction of sp³-hybridized carbons (Fsp3) is 0.600. The summed E-state index contributed by atoms with van der Waals surface area (Å²) < 4.78 is 5.42. The minimum Gasteiger partial charge on any atom is -0.484 e. The van der Waals surface area contributed by atoms with Crippen LogP contribution in [-0.4, -0.2) is 46.3 Å². The van der Waals surface area contributed by atoms with Gasteiger partial charge in [-0.2, -0.15) is 0 Å². The number of nitro groups is 1. The molecule has 1 aliphatic heterocycles. The van der Waals surface area contributed by atoms with Crippen LogP contribution in [0.5, 0.6) is 5.75 Å². The first kappa shape index (κ1) is 15.7. The molecule has 0 saturated carbocycles. The summed E-state index contributed by atoms with van der Waals surface area (Å²) in [7, 11) is 0. The van der Waals surface area contributed by atoms with Crippen molar-refractivity contribution in [2.45, 2.75) is 44.9 Å². The fourth-order valence-electron chi connectivity index (χ4n) is 2.82. The SMILES string of the molecule is C[C@@H]1CC[C@@H](C)N1C[C@H](O)COc1ccccc1[N+](=O)[O-]. The van der Waals surface area contributed by atoms with Crippen molar-refractivity contribution in [2.75, 3.05) is 13.2 Å². The summed E-state index contributed by atoms with van der Waals surface area (Å²) in [6.07, 6.45) is 1.62. The number of para-hydroxylation sites is 2. The van der Waals surface area contributed by atoms with Gasteiger partial charge in [-0.3, -0.25) is 15.0 Å². The quantitative estimate of drug-likeness (QED) is 0.643. The van der Waals surface area contributed by atoms with Crippen molar-refractivity contribution >= 4 is 5.69 Å². The number of nitro benzene ring substituents is 1. The molecule has 21 heavy (non-hydrogen) atoms. The van der Waals surface area contributed by atoms with Crippen molar-refractivity contribution in [1.29, 1.82) is 0 Å². The van der Waals surface area contributed by atoms with Gasteiger partial charge in [0.2, 0.25) is 0 Å². The van der Waals surface area contributed by atoms with Crippen molar-refractivity contribution in [3.8, 4) is 5.75 Å². The van der Waals surface area contributed by atoms with Gasteiger partial charge in [-0.15, -0.1) is 0 Å². The Kier molecular flexibility index (Phi) is 5.14. The third-order valence-electron chi connectivity index (χ3n) is 4.05. The zero-order valence-electron chi connectivity index (χ0n) is 12.4. The molecule has 3 atom stereocenters. The molecule has 6 heteroatoms. The van der Waals surface area contributed by atoms with Crippen LogP contribution in [0, 0.1) is 10.1 Å². The molecule has 1 aliphatic rings. The largest absolute Gasteiger partial charge is 0.484 e. The lowest BCUT2D eigenvalue weighted by molar-refractivity contribution is -0.385. The molecular weight excluding hydrogens is 272 g/mol. The number of aliphatic hydroxyl groups is 1. The summed E-state index contributed by atoms with van der Waals surface area (Å²) in [4.78, 5) is 12.7. The lowest BCUT2D eigenvalue weighted by Crippen LogP contribution is -2.41. The van der Waals surface area contributed by atoms with Crippen molar-refractivity contribution in [3.63, 3.8) is 0 Å². The van der Waals surface area contributed by atoms with Gasteiger partial charge >= 0.3 is 5.69 Å². The van der Waals surface area contributed by atoms with Crippen LogP contribution in [0.2, 0.25) is 0 Å². The first-order chi connectivity index (χ1) is 9.99. The molecule has 116 valence electrons. The Hall–Kier alpha value is -1.66. The highest BCUT2D eigenvalue weighted by molar-refractivity contribution is 5.45. The maximum Gasteiger partial charge on any atom is 0.310 e. The maximum atomic E-state index is 10.9. The van der Waals surface area contributed by atoms with E-state index < -0.39 is 11.0 Å². The number of aliphatic hydroxyl groups excluding tert-OH is 1. The van der Waals surface area contributed by atoms with E-state index in [2.05, 4.69) is 18.7 Å². The van der Waals surface area contributed by atoms with Crippen LogP contribution in [0.25, 0.3) is 0 Å². The van der Waals surface area contributed by atoms with E-state index in [1.165, 1.54) is 6.07 Å². The zero-order chi connectivity index (χ0) is 15.4. The molecule has 1 heterocycles. The van der Waals surface area contributed by atoms with Gasteiger partial charge in [0.1, 0.15) is 12.7 Å². The highest BCUT2D eigenvalue weighted by Gasteiger charge is 2.29. The van der Waals surface area contributed by atoms with E-state index in [1.807, 2.05) is 0 Å². The van der Waals surface area contributed by atoms with Crippen LogP contribution < -0.4 is 4.74 Å². The Labute approximate surface area is 124 Å². The first-order valence-electron chi connectivity index (χ1n) is 7.29. The van der Waals surface area contributed by atoms with Gasteiger partial charge in [0, 0.05) is 24.7 Å². The van der Waals surface area contributed by atoms with Gasteiger partial charge in [0.15, 0.2) is 5.75 Å². The number of β-amino-alcohol motifs (C(OH)–C–C–N with tert-alkyl or cyclic N) is 1. The number of ether oxygens (including phenoxy) is 1. The summed E-state index contributed by atoms with van der Waals surface area (Å²) in [6.45, 7) is 4.89. The predicted molar refractivity (Wildman–Crippen MR) is 79.5 cm³/mol. The van der Waals surface area contributed by atoms with Gasteiger partial charge in [-0.25, -0.2) is 0 Å². The van der Waals surface area contributed by atoms with E-state index in [1.54, 1.807) is 18.2 Å². The molecule has 1 aromatic rings. The Bertz CT molecular complexity index is 484. The van der Waals surface area contributed by atoms with Gasteiger partial charge < -0.3 is 9.84 Å². The Morgan fingerprint density at radius 3 is 2.62 bits per heavy atom. The number of hydrogen-bond acceptors (Lipinski definition) is 5. The molecule has 1 aromatic carbocycles. The molecule has 0 aliphatic carbocycles. The van der Waals surface area contributed by atoms with Gasteiger partial charge in [-0.1, -0.05) is 12.1 Å². The van der Waals surface area contributed by atoms with Crippen LogP contribution in [0.15, 0.2) is 24.3 Å². The van der Waals surface area contributed by atoms with Crippen molar-refractivity contribution < 1.29 is 14.8 Å². The van der Waals surface area contributed by atoms with Gasteiger partial charge in [-0.05, 0) is 32.8 Å². The van der Waals surface area contributed by atoms with E-state index in [-0.39, 0.29) is 18.0 Å². The van der Waals surface area contributed by atoms with Crippen molar-refractivity contribution in [1.82, 2.24) is 4.90 Å². The van der Waals surface area contributed by atoms with Gasteiger partial charge in [0.05, 0.1) is 4.92 Å². The Morgan fingerprint density at radius 1 is 1.38 bits per heavy atom. The van der Waals surface area contributed by atoms with E-state index >= 15 is 0 Å². The second-order valence-corrected chi connectivity index (χ2v) is 5.66. The second kappa shape index (κ2) is 6.87. The normalized spacial score (nSPS) is 24.0. The minimum absolute atomic E-state index is 0.0563. The predicted octanol–water partition coefficient (Wildman–Crippen LogP) is 2.21. The highest BCUT2D eigenvalue weighted by atomic mass is 16.6. The standard InChI is InChI=1S/C15H22N2O4/c1-11-7-8-12(2)16(11)9-13(18)10-21-15-6-4-3-5-14(15)17(19)20/h3-6,11-13,18H,7-10H2,1-2H3/t11-,12-,13+/m1/s1. The van der Waals surface area contributed by atoms with Crippen LogP contribution in [0.3, 0.4) is 0 Å². The topological polar surface area (TPSA) is 75.8 Å². The smallest absolute Gasteiger partial charge is 0.310 e. The van der Waals surface area contributed by atoms with E-state index in [0.29, 0.717) is 18.6 Å². The fourth-order valence-corrected chi connectivity index (χ4v) is 2.82. The van der Waals surface area contributed by atoms with Crippen LogP contribution in [0.1, 0.15) is 26.7 Å². The molecule has 0 bridgehead atoms. The first-order valence-corrected chi connectivity index (χ1v) is 7.29. The Balaban J connectivity index is 1.89. The van der Waals surface area contributed by atoms with Crippen molar-refractivity contribution in [3.05, 3.63) is 34.4 Å². The van der Waals surface area contributed by atoms with Crippen LogP contribution in [0.4, 0.5) is 5.69 Å². The molecule has 2 rings (SSSR count). The number of nitrogens with zero attached hydrogens (tertiary/aromatic N) is 2. The monoisotopic (exact) mass is 294 g/mol. The molecular formula is C15H22N2O4. The molecule has 0 aromatic heterocycles. The number of rotatable bonds is 6. The third-order valence-corrected chi connectivity index (χ3v) is 4.05. The molecule has 0 unspecified atom stereocenters.